The van der Waals surface area contributed by atoms with Crippen LogP contribution in [0, 0.1) is 4.77 Å². The average molecular weight is 247 g/mol. The van der Waals surface area contributed by atoms with Gasteiger partial charge in [-0.3, -0.25) is 9.36 Å². The van der Waals surface area contributed by atoms with Crippen LogP contribution in [0.4, 0.5) is 5.82 Å². The number of nitrogens with two attached hydrogens (primary N) is 1. The van der Waals surface area contributed by atoms with Gasteiger partial charge in [0.2, 0.25) is 0 Å². The first kappa shape index (κ1) is 11.6. The van der Waals surface area contributed by atoms with Crippen LogP contribution in [0.3, 0.4) is 0 Å². The molecule has 0 unspecified atom stereocenters. The molecule has 1 aromatic heterocycles. The van der Waals surface area contributed by atoms with Gasteiger partial charge in [0.15, 0.2) is 4.77 Å². The Bertz CT molecular complexity index is 643. The zero-order valence-electron chi connectivity index (χ0n) is 9.43. The lowest BCUT2D eigenvalue weighted by atomic mass is 10.1. The van der Waals surface area contributed by atoms with E-state index in [-0.39, 0.29) is 5.56 Å². The third kappa shape index (κ3) is 2.29. The van der Waals surface area contributed by atoms with Crippen molar-refractivity contribution in [3.63, 3.8) is 0 Å². The summed E-state index contributed by atoms with van der Waals surface area (Å²) in [5.41, 5.74) is 7.25. The van der Waals surface area contributed by atoms with Crippen LogP contribution in [-0.4, -0.2) is 9.55 Å². The molecule has 0 radical (unpaired) electrons. The molecule has 1 aromatic carbocycles. The van der Waals surface area contributed by atoms with E-state index in [1.807, 2.05) is 30.3 Å². The van der Waals surface area contributed by atoms with E-state index in [9.17, 15) is 4.79 Å². The zero-order chi connectivity index (χ0) is 12.4. The summed E-state index contributed by atoms with van der Waals surface area (Å²) >= 11 is 4.98. The number of aromatic amines is 1. The minimum Gasteiger partial charge on any atom is -0.385 e. The average Bonchev–Trinajstić information content (AvgIpc) is 2.33. The van der Waals surface area contributed by atoms with Gasteiger partial charge in [-0.15, -0.1) is 0 Å². The lowest BCUT2D eigenvalue weighted by Crippen LogP contribution is -2.25. The second-order valence-electron chi connectivity index (χ2n) is 3.85. The smallest absolute Gasteiger partial charge is 0.259 e. The van der Waals surface area contributed by atoms with Gasteiger partial charge in [0.1, 0.15) is 5.82 Å². The topological polar surface area (TPSA) is 63.8 Å². The van der Waals surface area contributed by atoms with E-state index in [2.05, 4.69) is 4.98 Å². The highest BCUT2D eigenvalue weighted by Crippen LogP contribution is 2.10. The molecule has 2 rings (SSSR count). The highest BCUT2D eigenvalue weighted by molar-refractivity contribution is 7.71. The van der Waals surface area contributed by atoms with Crippen LogP contribution in [0.2, 0.25) is 0 Å². The van der Waals surface area contributed by atoms with Gasteiger partial charge in [-0.25, -0.2) is 0 Å². The molecule has 3 N–H and O–H groups in total. The Hall–Kier alpha value is -1.88. The third-order valence-electron chi connectivity index (χ3n) is 2.66. The van der Waals surface area contributed by atoms with Crippen molar-refractivity contribution in [1.82, 2.24) is 9.55 Å². The molecule has 0 saturated carbocycles. The highest BCUT2D eigenvalue weighted by Gasteiger charge is 2.08. The van der Waals surface area contributed by atoms with Crippen molar-refractivity contribution < 1.29 is 0 Å². The van der Waals surface area contributed by atoms with Gasteiger partial charge in [-0.05, 0) is 17.8 Å². The van der Waals surface area contributed by atoms with Crippen LogP contribution < -0.4 is 11.3 Å². The maximum absolute atomic E-state index is 12.0. The van der Waals surface area contributed by atoms with E-state index in [1.54, 1.807) is 7.05 Å². The Morgan fingerprint density at radius 1 is 1.35 bits per heavy atom. The molecule has 1 heterocycles. The van der Waals surface area contributed by atoms with Crippen molar-refractivity contribution >= 4 is 18.0 Å². The minimum absolute atomic E-state index is 0.143. The fourth-order valence-corrected chi connectivity index (χ4v) is 1.85. The van der Waals surface area contributed by atoms with Crippen LogP contribution in [0.15, 0.2) is 35.1 Å². The third-order valence-corrected chi connectivity index (χ3v) is 3.03. The monoisotopic (exact) mass is 247 g/mol. The molecule has 0 aliphatic heterocycles. The van der Waals surface area contributed by atoms with Crippen molar-refractivity contribution in [3.05, 3.63) is 56.6 Å². The summed E-state index contributed by atoms with van der Waals surface area (Å²) < 4.78 is 1.73. The van der Waals surface area contributed by atoms with Crippen molar-refractivity contribution in [3.8, 4) is 0 Å². The van der Waals surface area contributed by atoms with Crippen molar-refractivity contribution in [2.45, 2.75) is 6.42 Å². The maximum atomic E-state index is 12.0. The summed E-state index contributed by atoms with van der Waals surface area (Å²) in [5, 5.41) is 0. The molecule has 0 saturated heterocycles. The van der Waals surface area contributed by atoms with Crippen LogP contribution in [-0.2, 0) is 13.5 Å². The largest absolute Gasteiger partial charge is 0.385 e. The van der Waals surface area contributed by atoms with E-state index in [0.717, 1.165) is 5.56 Å². The molecule has 17 heavy (non-hydrogen) atoms. The molecule has 4 nitrogen and oxygen atoms in total. The summed E-state index contributed by atoms with van der Waals surface area (Å²) in [4.78, 5) is 14.8. The second-order valence-corrected chi connectivity index (χ2v) is 4.24. The number of rotatable bonds is 2. The van der Waals surface area contributed by atoms with Crippen LogP contribution in [0.5, 0.6) is 0 Å². The summed E-state index contributed by atoms with van der Waals surface area (Å²) in [6.45, 7) is 0. The Morgan fingerprint density at radius 3 is 2.65 bits per heavy atom. The molecular weight excluding hydrogens is 234 g/mol. The van der Waals surface area contributed by atoms with Gasteiger partial charge in [0, 0.05) is 13.5 Å². The van der Waals surface area contributed by atoms with Gasteiger partial charge in [-0.2, -0.15) is 0 Å². The van der Waals surface area contributed by atoms with Gasteiger partial charge in [0.25, 0.3) is 5.56 Å². The van der Waals surface area contributed by atoms with E-state index >= 15 is 0 Å². The standard InChI is InChI=1S/C12H13N3OS/c1-15-11(16)9(10(13)14-12(15)17)7-8-5-3-2-4-6-8/h2-6H,7,13H2,1H3,(H,14,17). The second kappa shape index (κ2) is 4.55. The van der Waals surface area contributed by atoms with Gasteiger partial charge >= 0.3 is 0 Å². The fraction of sp³-hybridized carbons (Fsp3) is 0.167. The quantitative estimate of drug-likeness (QED) is 0.793. The Morgan fingerprint density at radius 2 is 2.00 bits per heavy atom. The summed E-state index contributed by atoms with van der Waals surface area (Å²) in [7, 11) is 1.63. The van der Waals surface area contributed by atoms with Crippen LogP contribution in [0.25, 0.3) is 0 Å². The molecule has 0 aliphatic carbocycles. The predicted octanol–water partition coefficient (Wildman–Crippen LogP) is 1.62. The molecule has 88 valence electrons. The molecule has 0 aliphatic rings. The number of nitrogens with zero attached hydrogens (tertiary/aromatic N) is 1. The molecule has 0 atom stereocenters. The van der Waals surface area contributed by atoms with Crippen LogP contribution >= 0.6 is 12.2 Å². The zero-order valence-corrected chi connectivity index (χ0v) is 10.3. The number of anilines is 1. The molecule has 2 aromatic rings. The normalized spacial score (nSPS) is 10.4. The predicted molar refractivity (Wildman–Crippen MR) is 70.5 cm³/mol. The van der Waals surface area contributed by atoms with Gasteiger partial charge < -0.3 is 10.7 Å². The Kier molecular flexibility index (Phi) is 3.10. The molecule has 0 bridgehead atoms. The lowest BCUT2D eigenvalue weighted by Gasteiger charge is -2.07. The first-order valence-electron chi connectivity index (χ1n) is 5.21. The van der Waals surface area contributed by atoms with Gasteiger partial charge in [-0.1, -0.05) is 30.3 Å². The van der Waals surface area contributed by atoms with E-state index in [1.165, 1.54) is 4.57 Å². The molecule has 0 spiro atoms. The summed E-state index contributed by atoms with van der Waals surface area (Å²) in [6.07, 6.45) is 0.505. The van der Waals surface area contributed by atoms with E-state index in [4.69, 9.17) is 18.0 Å². The lowest BCUT2D eigenvalue weighted by molar-refractivity contribution is 0.790. The minimum atomic E-state index is -0.143. The van der Waals surface area contributed by atoms with Crippen molar-refractivity contribution in [2.24, 2.45) is 7.05 Å². The molecular formula is C12H13N3OS. The molecule has 0 fully saturated rings. The van der Waals surface area contributed by atoms with E-state index < -0.39 is 0 Å². The first-order chi connectivity index (χ1) is 8.09. The number of nitrogens with one attached hydrogen (secondary N) is 1. The summed E-state index contributed by atoms with van der Waals surface area (Å²) in [6, 6.07) is 9.72. The molecule has 0 amide bonds. The van der Waals surface area contributed by atoms with Crippen molar-refractivity contribution in [2.75, 3.05) is 5.73 Å². The fourth-order valence-electron chi connectivity index (χ4n) is 1.66. The van der Waals surface area contributed by atoms with E-state index in [0.29, 0.717) is 22.6 Å². The molecule has 5 heteroatoms. The number of hydrogen-bond acceptors (Lipinski definition) is 3. The van der Waals surface area contributed by atoms with Crippen molar-refractivity contribution in [1.29, 1.82) is 0 Å². The highest BCUT2D eigenvalue weighted by atomic mass is 32.1. The number of hydrogen-bond donors (Lipinski definition) is 2. The SMILES string of the molecule is Cn1c(=S)[nH]c(N)c(Cc2ccccc2)c1=O. The first-order valence-corrected chi connectivity index (χ1v) is 5.62. The number of H-pyrrole nitrogens is 1. The Labute approximate surface area is 104 Å². The number of nitrogen functional groups attached to an aromatic ring is 1. The number of benzene rings is 1. The van der Waals surface area contributed by atoms with Crippen LogP contribution in [0.1, 0.15) is 11.1 Å². The maximum Gasteiger partial charge on any atom is 0.259 e. The number of aromatic nitrogens is 2. The summed E-state index contributed by atoms with van der Waals surface area (Å²) in [5.74, 6) is 0.349. The van der Waals surface area contributed by atoms with Gasteiger partial charge in [0.05, 0.1) is 5.56 Å². The Balaban J connectivity index is 2.51.